The highest BCUT2D eigenvalue weighted by molar-refractivity contribution is 6.33. The lowest BCUT2D eigenvalue weighted by atomic mass is 10.2. The molecule has 0 N–H and O–H groups in total. The van der Waals surface area contributed by atoms with Crippen molar-refractivity contribution in [2.75, 3.05) is 0 Å². The van der Waals surface area contributed by atoms with Gasteiger partial charge in [0, 0.05) is 15.6 Å². The van der Waals surface area contributed by atoms with Gasteiger partial charge in [-0.05, 0) is 23.8 Å². The molecule has 0 bridgehead atoms. The van der Waals surface area contributed by atoms with E-state index in [4.69, 9.17) is 23.2 Å². The van der Waals surface area contributed by atoms with Crippen LogP contribution in [-0.4, -0.2) is 12.4 Å². The van der Waals surface area contributed by atoms with E-state index in [2.05, 4.69) is 10.2 Å². The Balaban J connectivity index is 2.03. The van der Waals surface area contributed by atoms with Crippen molar-refractivity contribution in [3.05, 3.63) is 69.7 Å². The smallest absolute Gasteiger partial charge is 0.0583 e. The summed E-state index contributed by atoms with van der Waals surface area (Å²) in [7, 11) is 0. The minimum atomic E-state index is 0.656. The summed E-state index contributed by atoms with van der Waals surface area (Å²) in [5, 5.41) is 9.25. The maximum Gasteiger partial charge on any atom is 0.0583 e. The third-order valence-corrected chi connectivity index (χ3v) is 2.84. The Labute approximate surface area is 116 Å². The molecule has 0 saturated carbocycles. The molecule has 0 unspecified atom stereocenters. The molecule has 90 valence electrons. The monoisotopic (exact) mass is 276 g/mol. The van der Waals surface area contributed by atoms with E-state index in [1.807, 2.05) is 36.4 Å². The van der Waals surface area contributed by atoms with Crippen molar-refractivity contribution in [2.45, 2.75) is 0 Å². The highest BCUT2D eigenvalue weighted by atomic mass is 35.5. The normalized spacial score (nSPS) is 11.4. The van der Waals surface area contributed by atoms with Gasteiger partial charge in [0.15, 0.2) is 0 Å². The molecule has 0 aliphatic rings. The average molecular weight is 277 g/mol. The summed E-state index contributed by atoms with van der Waals surface area (Å²) >= 11 is 11.8. The molecule has 2 nitrogen and oxygen atoms in total. The molecule has 2 aromatic carbocycles. The fraction of sp³-hybridized carbons (Fsp3) is 0. The summed E-state index contributed by atoms with van der Waals surface area (Å²) in [4.78, 5) is 0. The second-order valence-corrected chi connectivity index (χ2v) is 4.41. The third kappa shape index (κ3) is 3.69. The second kappa shape index (κ2) is 6.34. The van der Waals surface area contributed by atoms with Crippen molar-refractivity contribution in [3.8, 4) is 0 Å². The largest absolute Gasteiger partial charge is 0.159 e. The van der Waals surface area contributed by atoms with Gasteiger partial charge in [0.2, 0.25) is 0 Å². The number of halogens is 2. The van der Waals surface area contributed by atoms with Crippen LogP contribution in [0, 0.1) is 0 Å². The molecule has 0 aromatic heterocycles. The maximum absolute atomic E-state index is 5.98. The molecular weight excluding hydrogens is 267 g/mol. The molecule has 0 atom stereocenters. The van der Waals surface area contributed by atoms with Crippen LogP contribution in [0.4, 0.5) is 0 Å². The molecule has 18 heavy (non-hydrogen) atoms. The first kappa shape index (κ1) is 12.8. The molecule has 0 spiro atoms. The Kier molecular flexibility index (Phi) is 4.51. The highest BCUT2D eigenvalue weighted by Crippen LogP contribution is 2.12. The third-order valence-electron chi connectivity index (χ3n) is 2.25. The number of rotatable bonds is 3. The minimum absolute atomic E-state index is 0.656. The van der Waals surface area contributed by atoms with Gasteiger partial charge in [-0.1, -0.05) is 53.5 Å². The van der Waals surface area contributed by atoms with Crippen LogP contribution < -0.4 is 0 Å². The van der Waals surface area contributed by atoms with E-state index in [1.54, 1.807) is 24.6 Å². The molecule has 4 heteroatoms. The Morgan fingerprint density at radius 1 is 0.778 bits per heavy atom. The standard InChI is InChI=1S/C14H10Cl2N2/c15-13-7-5-11(6-8-13)9-17-18-10-12-3-1-2-4-14(12)16/h1-10H/b17-9+,18-10+. The van der Waals surface area contributed by atoms with Gasteiger partial charge in [-0.2, -0.15) is 10.2 Å². The van der Waals surface area contributed by atoms with Crippen LogP contribution in [0.2, 0.25) is 10.0 Å². The Morgan fingerprint density at radius 2 is 1.44 bits per heavy atom. The van der Waals surface area contributed by atoms with Crippen LogP contribution in [-0.2, 0) is 0 Å². The van der Waals surface area contributed by atoms with Gasteiger partial charge in [-0.3, -0.25) is 0 Å². The Morgan fingerprint density at radius 3 is 2.17 bits per heavy atom. The van der Waals surface area contributed by atoms with Gasteiger partial charge in [0.05, 0.1) is 12.4 Å². The topological polar surface area (TPSA) is 24.7 Å². The van der Waals surface area contributed by atoms with E-state index >= 15 is 0 Å². The number of hydrogen-bond acceptors (Lipinski definition) is 2. The van der Waals surface area contributed by atoms with Crippen molar-refractivity contribution < 1.29 is 0 Å². The number of hydrogen-bond donors (Lipinski definition) is 0. The van der Waals surface area contributed by atoms with Crippen molar-refractivity contribution in [2.24, 2.45) is 10.2 Å². The molecule has 0 aliphatic carbocycles. The van der Waals surface area contributed by atoms with E-state index in [1.165, 1.54) is 0 Å². The molecule has 2 aromatic rings. The van der Waals surface area contributed by atoms with Crippen LogP contribution in [0.1, 0.15) is 11.1 Å². The first-order valence-corrected chi connectivity index (χ1v) is 6.08. The van der Waals surface area contributed by atoms with Gasteiger partial charge in [-0.25, -0.2) is 0 Å². The van der Waals surface area contributed by atoms with Crippen molar-refractivity contribution in [3.63, 3.8) is 0 Å². The molecule has 0 amide bonds. The molecule has 0 heterocycles. The first-order chi connectivity index (χ1) is 8.75. The SMILES string of the molecule is Clc1ccc(/C=N/N=C/c2ccccc2Cl)cc1. The fourth-order valence-corrected chi connectivity index (χ4v) is 1.63. The maximum atomic E-state index is 5.98. The Hall–Kier alpha value is -1.64. The van der Waals surface area contributed by atoms with Crippen molar-refractivity contribution in [1.29, 1.82) is 0 Å². The van der Waals surface area contributed by atoms with Gasteiger partial charge < -0.3 is 0 Å². The summed E-state index contributed by atoms with van der Waals surface area (Å²) in [5.74, 6) is 0. The van der Waals surface area contributed by atoms with Gasteiger partial charge in [-0.15, -0.1) is 0 Å². The zero-order valence-corrected chi connectivity index (χ0v) is 10.9. The summed E-state index contributed by atoms with van der Waals surface area (Å²) in [5.41, 5.74) is 1.78. The van der Waals surface area contributed by atoms with Crippen LogP contribution >= 0.6 is 23.2 Å². The zero-order valence-electron chi connectivity index (χ0n) is 9.42. The molecule has 0 aliphatic heterocycles. The number of nitrogens with zero attached hydrogens (tertiary/aromatic N) is 2. The lowest BCUT2D eigenvalue weighted by Gasteiger charge is -1.94. The average Bonchev–Trinajstić information content (AvgIpc) is 2.39. The van der Waals surface area contributed by atoms with Crippen LogP contribution in [0.5, 0.6) is 0 Å². The molecular formula is C14H10Cl2N2. The van der Waals surface area contributed by atoms with Crippen molar-refractivity contribution in [1.82, 2.24) is 0 Å². The van der Waals surface area contributed by atoms with E-state index in [9.17, 15) is 0 Å². The van der Waals surface area contributed by atoms with Gasteiger partial charge in [0.25, 0.3) is 0 Å². The molecule has 2 rings (SSSR count). The first-order valence-electron chi connectivity index (χ1n) is 5.32. The summed E-state index contributed by atoms with van der Waals surface area (Å²) in [6.07, 6.45) is 3.28. The lowest BCUT2D eigenvalue weighted by Crippen LogP contribution is -1.82. The van der Waals surface area contributed by atoms with Gasteiger partial charge in [0.1, 0.15) is 0 Å². The van der Waals surface area contributed by atoms with Crippen molar-refractivity contribution >= 4 is 35.6 Å². The van der Waals surface area contributed by atoms with E-state index in [0.717, 1.165) is 11.1 Å². The van der Waals surface area contributed by atoms with E-state index in [-0.39, 0.29) is 0 Å². The number of benzene rings is 2. The minimum Gasteiger partial charge on any atom is -0.159 e. The van der Waals surface area contributed by atoms with Crippen LogP contribution in [0.25, 0.3) is 0 Å². The fourth-order valence-electron chi connectivity index (χ4n) is 1.32. The molecule has 0 saturated heterocycles. The lowest BCUT2D eigenvalue weighted by molar-refractivity contribution is 1.26. The second-order valence-electron chi connectivity index (χ2n) is 3.56. The van der Waals surface area contributed by atoms with Crippen LogP contribution in [0.3, 0.4) is 0 Å². The van der Waals surface area contributed by atoms with E-state index < -0.39 is 0 Å². The molecule has 0 fully saturated rings. The van der Waals surface area contributed by atoms with Gasteiger partial charge >= 0.3 is 0 Å². The molecule has 0 radical (unpaired) electrons. The zero-order chi connectivity index (χ0) is 12.8. The summed E-state index contributed by atoms with van der Waals surface area (Å²) in [6.45, 7) is 0. The quantitative estimate of drug-likeness (QED) is 0.585. The summed E-state index contributed by atoms with van der Waals surface area (Å²) < 4.78 is 0. The summed E-state index contributed by atoms with van der Waals surface area (Å²) in [6, 6.07) is 14.8. The van der Waals surface area contributed by atoms with Crippen LogP contribution in [0.15, 0.2) is 58.7 Å². The predicted octanol–water partition coefficient (Wildman–Crippen LogP) is 4.45. The predicted molar refractivity (Wildman–Crippen MR) is 78.1 cm³/mol. The Bertz CT molecular complexity index is 575. The van der Waals surface area contributed by atoms with E-state index in [0.29, 0.717) is 10.0 Å². The highest BCUT2D eigenvalue weighted by Gasteiger charge is 1.93.